The zero-order valence-electron chi connectivity index (χ0n) is 11.2. The number of amides is 1. The Balaban J connectivity index is 2.58. The number of halogens is 2. The highest BCUT2D eigenvalue weighted by Gasteiger charge is 2.17. The Morgan fingerprint density at radius 3 is 2.63 bits per heavy atom. The number of hydrogen-bond acceptors (Lipinski definition) is 3. The fraction of sp³-hybridized carbons (Fsp3) is 0.462. The van der Waals surface area contributed by atoms with Crippen molar-refractivity contribution in [1.29, 1.82) is 0 Å². The topological polar surface area (TPSA) is 52.6 Å². The molecular formula is C13H18Cl2N2O2. The molecule has 0 aliphatic heterocycles. The van der Waals surface area contributed by atoms with Gasteiger partial charge in [-0.1, -0.05) is 29.3 Å². The third kappa shape index (κ3) is 5.78. The third-order valence-corrected chi connectivity index (χ3v) is 3.11. The van der Waals surface area contributed by atoms with Gasteiger partial charge in [-0.15, -0.1) is 0 Å². The molecule has 0 heterocycles. The van der Waals surface area contributed by atoms with E-state index in [2.05, 4.69) is 5.32 Å². The summed E-state index contributed by atoms with van der Waals surface area (Å²) in [4.78, 5) is 13.6. The van der Waals surface area contributed by atoms with Gasteiger partial charge in [0.05, 0.1) is 27.9 Å². The molecule has 0 aromatic heterocycles. The summed E-state index contributed by atoms with van der Waals surface area (Å²) in [6, 6.07) is 5.05. The molecule has 1 rings (SSSR count). The minimum absolute atomic E-state index is 0.160. The van der Waals surface area contributed by atoms with E-state index in [4.69, 9.17) is 23.2 Å². The lowest BCUT2D eigenvalue weighted by Gasteiger charge is -2.24. The second kappa shape index (κ2) is 6.57. The summed E-state index contributed by atoms with van der Waals surface area (Å²) >= 11 is 11.8. The highest BCUT2D eigenvalue weighted by molar-refractivity contribution is 6.43. The number of nitrogens with one attached hydrogen (secondary N) is 1. The summed E-state index contributed by atoms with van der Waals surface area (Å²) in [5.41, 5.74) is -0.362. The van der Waals surface area contributed by atoms with Crippen molar-refractivity contribution in [3.8, 4) is 0 Å². The molecule has 1 amide bonds. The normalized spacial score (nSPS) is 11.7. The summed E-state index contributed by atoms with van der Waals surface area (Å²) in [7, 11) is 1.76. The molecule has 6 heteroatoms. The zero-order valence-corrected chi connectivity index (χ0v) is 12.7. The van der Waals surface area contributed by atoms with Gasteiger partial charge in [-0.3, -0.25) is 9.69 Å². The van der Waals surface area contributed by atoms with Crippen molar-refractivity contribution < 1.29 is 9.90 Å². The smallest absolute Gasteiger partial charge is 0.238 e. The number of rotatable bonds is 5. The lowest BCUT2D eigenvalue weighted by Crippen LogP contribution is -2.40. The van der Waals surface area contributed by atoms with Gasteiger partial charge >= 0.3 is 0 Å². The summed E-state index contributed by atoms with van der Waals surface area (Å²) in [5, 5.41) is 13.1. The Hall–Kier alpha value is -0.810. The van der Waals surface area contributed by atoms with Crippen molar-refractivity contribution >= 4 is 34.8 Å². The Kier molecular flexibility index (Phi) is 5.62. The van der Waals surface area contributed by atoms with Crippen molar-refractivity contribution in [3.63, 3.8) is 0 Å². The monoisotopic (exact) mass is 304 g/mol. The number of nitrogens with zero attached hydrogens (tertiary/aromatic N) is 1. The highest BCUT2D eigenvalue weighted by atomic mass is 35.5. The largest absolute Gasteiger partial charge is 0.389 e. The number of benzene rings is 1. The van der Waals surface area contributed by atoms with Gasteiger partial charge in [0.25, 0.3) is 0 Å². The van der Waals surface area contributed by atoms with Crippen LogP contribution < -0.4 is 5.32 Å². The summed E-state index contributed by atoms with van der Waals surface area (Å²) in [5.74, 6) is -0.212. The molecule has 19 heavy (non-hydrogen) atoms. The van der Waals surface area contributed by atoms with E-state index >= 15 is 0 Å². The number of hydrogen-bond donors (Lipinski definition) is 2. The van der Waals surface area contributed by atoms with Crippen molar-refractivity contribution in [2.75, 3.05) is 25.5 Å². The lowest BCUT2D eigenvalue weighted by atomic mass is 10.1. The molecule has 0 saturated carbocycles. The molecule has 0 atom stereocenters. The molecule has 0 spiro atoms. The quantitative estimate of drug-likeness (QED) is 0.879. The molecule has 2 N–H and O–H groups in total. The number of likely N-dealkylation sites (N-methyl/N-ethyl adjacent to an activating group) is 1. The summed E-state index contributed by atoms with van der Waals surface area (Å²) < 4.78 is 0. The number of aliphatic hydroxyl groups is 1. The van der Waals surface area contributed by atoms with Crippen LogP contribution in [0.4, 0.5) is 5.69 Å². The van der Waals surface area contributed by atoms with Crippen LogP contribution in [0.5, 0.6) is 0 Å². The molecular weight excluding hydrogens is 287 g/mol. The van der Waals surface area contributed by atoms with Crippen molar-refractivity contribution in [2.24, 2.45) is 0 Å². The van der Waals surface area contributed by atoms with Crippen molar-refractivity contribution in [2.45, 2.75) is 19.4 Å². The van der Waals surface area contributed by atoms with Crippen molar-refractivity contribution in [1.82, 2.24) is 4.90 Å². The predicted molar refractivity (Wildman–Crippen MR) is 78.9 cm³/mol. The standard InChI is InChI=1S/C13H18Cl2N2O2/c1-13(2,19)8-17(3)7-11(18)16-10-6-4-5-9(14)12(10)15/h4-6,19H,7-8H2,1-3H3,(H,16,18). The van der Waals surface area contributed by atoms with E-state index in [0.717, 1.165) is 0 Å². The maximum Gasteiger partial charge on any atom is 0.238 e. The average Bonchev–Trinajstić information content (AvgIpc) is 2.21. The van der Waals surface area contributed by atoms with E-state index < -0.39 is 5.60 Å². The first-order chi connectivity index (χ1) is 8.69. The molecule has 0 unspecified atom stereocenters. The van der Waals surface area contributed by atoms with Gasteiger partial charge in [0.2, 0.25) is 5.91 Å². The fourth-order valence-corrected chi connectivity index (χ4v) is 2.10. The minimum atomic E-state index is -0.845. The van der Waals surface area contributed by atoms with Gasteiger partial charge in [-0.25, -0.2) is 0 Å². The number of carbonyl (C=O) groups excluding carboxylic acids is 1. The van der Waals surface area contributed by atoms with Gasteiger partial charge in [-0.2, -0.15) is 0 Å². The van der Waals surface area contributed by atoms with Crippen LogP contribution in [-0.4, -0.2) is 41.7 Å². The van der Waals surface area contributed by atoms with E-state index in [0.29, 0.717) is 22.3 Å². The van der Waals surface area contributed by atoms with Gasteiger partial charge in [-0.05, 0) is 33.0 Å². The second-order valence-corrected chi connectivity index (χ2v) is 5.92. The van der Waals surface area contributed by atoms with Gasteiger partial charge in [0.15, 0.2) is 0 Å². The Labute approximate surface area is 123 Å². The van der Waals surface area contributed by atoms with Crippen LogP contribution in [0.2, 0.25) is 10.0 Å². The van der Waals surface area contributed by atoms with Crippen LogP contribution in [0.1, 0.15) is 13.8 Å². The number of carbonyl (C=O) groups is 1. The first-order valence-electron chi connectivity index (χ1n) is 5.84. The molecule has 4 nitrogen and oxygen atoms in total. The maximum absolute atomic E-state index is 11.8. The van der Waals surface area contributed by atoms with E-state index in [1.807, 2.05) is 0 Å². The predicted octanol–water partition coefficient (Wildman–Crippen LogP) is 2.63. The molecule has 0 fully saturated rings. The fourth-order valence-electron chi connectivity index (χ4n) is 1.75. The van der Waals surface area contributed by atoms with E-state index in [-0.39, 0.29) is 12.5 Å². The van der Waals surface area contributed by atoms with Crippen LogP contribution in [-0.2, 0) is 4.79 Å². The Bertz CT molecular complexity index is 458. The van der Waals surface area contributed by atoms with Gasteiger partial charge in [0, 0.05) is 6.54 Å². The lowest BCUT2D eigenvalue weighted by molar-refractivity contribution is -0.117. The van der Waals surface area contributed by atoms with Crippen LogP contribution in [0.25, 0.3) is 0 Å². The zero-order chi connectivity index (χ0) is 14.6. The molecule has 0 saturated heterocycles. The van der Waals surface area contributed by atoms with E-state index in [1.54, 1.807) is 44.0 Å². The van der Waals surface area contributed by atoms with Gasteiger partial charge in [0.1, 0.15) is 0 Å². The molecule has 1 aromatic carbocycles. The molecule has 0 aliphatic carbocycles. The van der Waals surface area contributed by atoms with Crippen molar-refractivity contribution in [3.05, 3.63) is 28.2 Å². The summed E-state index contributed by atoms with van der Waals surface area (Å²) in [6.07, 6.45) is 0. The van der Waals surface area contributed by atoms with E-state index in [1.165, 1.54) is 0 Å². The molecule has 106 valence electrons. The third-order valence-electron chi connectivity index (χ3n) is 2.30. The summed E-state index contributed by atoms with van der Waals surface area (Å²) in [6.45, 7) is 3.93. The Morgan fingerprint density at radius 1 is 1.42 bits per heavy atom. The molecule has 1 aromatic rings. The second-order valence-electron chi connectivity index (χ2n) is 5.13. The molecule has 0 aliphatic rings. The van der Waals surface area contributed by atoms with Crippen LogP contribution in [0.3, 0.4) is 0 Å². The SMILES string of the molecule is CN(CC(=O)Nc1cccc(Cl)c1Cl)CC(C)(C)O. The first-order valence-corrected chi connectivity index (χ1v) is 6.59. The molecule has 0 bridgehead atoms. The van der Waals surface area contributed by atoms with Gasteiger partial charge < -0.3 is 10.4 Å². The first kappa shape index (κ1) is 16.2. The maximum atomic E-state index is 11.8. The molecule has 0 radical (unpaired) electrons. The van der Waals surface area contributed by atoms with Crippen LogP contribution in [0.15, 0.2) is 18.2 Å². The Morgan fingerprint density at radius 2 is 2.05 bits per heavy atom. The average molecular weight is 305 g/mol. The highest BCUT2D eigenvalue weighted by Crippen LogP contribution is 2.29. The van der Waals surface area contributed by atoms with E-state index in [9.17, 15) is 9.90 Å². The number of anilines is 1. The van der Waals surface area contributed by atoms with Crippen LogP contribution in [0, 0.1) is 0 Å². The minimum Gasteiger partial charge on any atom is -0.389 e. The van der Waals surface area contributed by atoms with Crippen LogP contribution >= 0.6 is 23.2 Å².